The van der Waals surface area contributed by atoms with E-state index in [1.54, 1.807) is 47.4 Å². The molecule has 4 aliphatic rings. The van der Waals surface area contributed by atoms with Crippen molar-refractivity contribution >= 4 is 23.4 Å². The van der Waals surface area contributed by atoms with E-state index < -0.39 is 28.6 Å². The molecule has 14 nitrogen and oxygen atoms in total. The van der Waals surface area contributed by atoms with Gasteiger partial charge < -0.3 is 44.0 Å². The maximum absolute atomic E-state index is 15.2. The molecule has 4 aromatic carbocycles. The van der Waals surface area contributed by atoms with Gasteiger partial charge in [-0.2, -0.15) is 0 Å². The van der Waals surface area contributed by atoms with Gasteiger partial charge in [-0.25, -0.2) is 0 Å². The van der Waals surface area contributed by atoms with E-state index in [0.717, 1.165) is 47.9 Å². The fraction of sp³-hybridized carbons (Fsp3) is 0.373. The Morgan fingerprint density at radius 3 is 2.43 bits per heavy atom. The first-order valence-electron chi connectivity index (χ1n) is 22.3. The average Bonchev–Trinajstić information content (AvgIpc) is 3.79. The van der Waals surface area contributed by atoms with E-state index in [4.69, 9.17) is 28.9 Å². The summed E-state index contributed by atoms with van der Waals surface area (Å²) in [5, 5.41) is 47.3. The summed E-state index contributed by atoms with van der Waals surface area (Å²) < 4.78 is 25.8. The number of carbonyl (C=O) groups excluding carboxylic acids is 1. The van der Waals surface area contributed by atoms with Crippen LogP contribution in [0.5, 0.6) is 23.0 Å². The van der Waals surface area contributed by atoms with Gasteiger partial charge in [0, 0.05) is 55.9 Å². The van der Waals surface area contributed by atoms with Crippen LogP contribution in [0.3, 0.4) is 0 Å². The molecule has 14 heteroatoms. The number of nitro benzene ring substituents is 1. The molecule has 0 radical (unpaired) electrons. The quantitative estimate of drug-likeness (QED) is 0.0254. The minimum atomic E-state index is -1.55. The lowest BCUT2D eigenvalue weighted by molar-refractivity contribution is -0.384. The second-order valence-electron chi connectivity index (χ2n) is 16.9. The molecule has 2 heterocycles. The summed E-state index contributed by atoms with van der Waals surface area (Å²) in [7, 11) is 0. The van der Waals surface area contributed by atoms with Crippen LogP contribution in [0.4, 0.5) is 5.69 Å². The fourth-order valence-corrected chi connectivity index (χ4v) is 9.96. The number of rotatable bonds is 20. The molecule has 6 atom stereocenters. The number of aromatic hydroxyl groups is 1. The third kappa shape index (κ3) is 9.80. The number of carbonyl (C=O) groups is 1. The first kappa shape index (κ1) is 45.1. The zero-order valence-electron chi connectivity index (χ0n) is 36.2. The van der Waals surface area contributed by atoms with E-state index in [2.05, 4.69) is 12.7 Å². The van der Waals surface area contributed by atoms with E-state index in [9.17, 15) is 25.4 Å². The lowest BCUT2D eigenvalue weighted by atomic mass is 9.55. The van der Waals surface area contributed by atoms with Gasteiger partial charge in [0.1, 0.15) is 24.1 Å². The first-order chi connectivity index (χ1) is 31.7. The molecule has 3 N–H and O–H groups in total. The molecule has 340 valence electrons. The van der Waals surface area contributed by atoms with Crippen LogP contribution in [-0.2, 0) is 27.5 Å². The number of phenols is 1. The van der Waals surface area contributed by atoms with Crippen LogP contribution in [-0.4, -0.2) is 75.2 Å². The van der Waals surface area contributed by atoms with Gasteiger partial charge in [-0.05, 0) is 108 Å². The molecule has 0 aromatic heterocycles. The number of nitro groups is 1. The fourth-order valence-electron chi connectivity index (χ4n) is 9.96. The Labute approximate surface area is 378 Å². The van der Waals surface area contributed by atoms with E-state index in [-0.39, 0.29) is 75.4 Å². The molecule has 1 amide bonds. The lowest BCUT2D eigenvalue weighted by Gasteiger charge is -2.60. The molecular formula is C51H55N3O11. The number of aliphatic hydroxyl groups excluding tert-OH is 2. The standard InChI is InChI=1S/C51H55N3O11/c1-2-26-63-51-47(53(31-36-16-21-45-46(27-36)62-33-61-45)48(58)23-17-34-14-18-38(19-15-34)54(59)60)30-43(52-64-32-35-10-4-3-5-11-35)41-28-37(12-6-8-24-55)40(13-7-9-25-56)49(50(41)51)42-29-39(57)20-22-44(42)65-51/h2-5,10-11,14-23,27-29,37,40,47,49-50,55-57H,1,6-9,12-13,24-26,30-33H2. The zero-order chi connectivity index (χ0) is 45.3. The normalized spacial score (nSPS) is 23.3. The Morgan fingerprint density at radius 2 is 1.68 bits per heavy atom. The van der Waals surface area contributed by atoms with Crippen molar-refractivity contribution in [3.8, 4) is 23.0 Å². The molecule has 1 saturated carbocycles. The highest BCUT2D eigenvalue weighted by atomic mass is 16.7. The monoisotopic (exact) mass is 885 g/mol. The second-order valence-corrected chi connectivity index (χ2v) is 16.9. The van der Waals surface area contributed by atoms with Gasteiger partial charge in [-0.3, -0.25) is 14.9 Å². The third-order valence-corrected chi connectivity index (χ3v) is 12.9. The van der Waals surface area contributed by atoms with Crippen molar-refractivity contribution in [1.82, 2.24) is 4.90 Å². The lowest BCUT2D eigenvalue weighted by Crippen LogP contribution is -2.70. The molecule has 1 fully saturated rings. The van der Waals surface area contributed by atoms with Crippen LogP contribution in [0, 0.1) is 27.9 Å². The number of nitrogens with zero attached hydrogens (tertiary/aromatic N) is 3. The minimum Gasteiger partial charge on any atom is -0.508 e. The number of fused-ring (bicyclic) bond motifs is 3. The summed E-state index contributed by atoms with van der Waals surface area (Å²) in [6.45, 7) is 4.55. The second kappa shape index (κ2) is 20.6. The molecule has 0 bridgehead atoms. The van der Waals surface area contributed by atoms with Gasteiger partial charge in [0.25, 0.3) is 5.69 Å². The molecular weight excluding hydrogens is 831 g/mol. The van der Waals surface area contributed by atoms with E-state index in [0.29, 0.717) is 41.4 Å². The van der Waals surface area contributed by atoms with Gasteiger partial charge in [0.2, 0.25) is 18.5 Å². The number of oxime groups is 1. The topological polar surface area (TPSA) is 183 Å². The Balaban J connectivity index is 1.32. The highest BCUT2D eigenvalue weighted by Crippen LogP contribution is 2.62. The van der Waals surface area contributed by atoms with E-state index >= 15 is 4.79 Å². The van der Waals surface area contributed by atoms with Gasteiger partial charge >= 0.3 is 0 Å². The SMILES string of the molecule is C=CCOC12Oc3ccc(O)cc3C3C(CCCCO)C(CCCCO)C=C(C(=NOCc4ccccc4)CC1N(Cc1ccc4c(c1)OCO4)C(=O)C=Cc1ccc([N+](=O)[O-])cc1)C32. The number of phenolic OH excluding ortho intramolecular Hbond substituents is 1. The van der Waals surface area contributed by atoms with Crippen molar-refractivity contribution < 1.29 is 48.8 Å². The van der Waals surface area contributed by atoms with Gasteiger partial charge in [-0.15, -0.1) is 6.58 Å². The first-order valence-corrected chi connectivity index (χ1v) is 22.3. The number of non-ortho nitro benzene ring substituents is 1. The number of amides is 1. The number of aliphatic hydroxyl groups is 2. The summed E-state index contributed by atoms with van der Waals surface area (Å²) in [6, 6.07) is 25.5. The minimum absolute atomic E-state index is 0.00812. The number of unbranched alkanes of at least 4 members (excludes halogenated alkanes) is 2. The van der Waals surface area contributed by atoms with Gasteiger partial charge in [-0.1, -0.05) is 66.5 Å². The molecule has 65 heavy (non-hydrogen) atoms. The van der Waals surface area contributed by atoms with Crippen LogP contribution in [0.2, 0.25) is 0 Å². The van der Waals surface area contributed by atoms with Crippen molar-refractivity contribution in [3.05, 3.63) is 154 Å². The Kier molecular flexibility index (Phi) is 14.3. The number of ether oxygens (including phenoxy) is 4. The van der Waals surface area contributed by atoms with Crippen LogP contribution < -0.4 is 14.2 Å². The Hall–Kier alpha value is -6.48. The maximum atomic E-state index is 15.2. The summed E-state index contributed by atoms with van der Waals surface area (Å²) in [5.74, 6) is -1.15. The molecule has 0 saturated heterocycles. The Bertz CT molecular complexity index is 2420. The predicted octanol–water partition coefficient (Wildman–Crippen LogP) is 8.61. The number of benzene rings is 4. The van der Waals surface area contributed by atoms with E-state index in [1.807, 2.05) is 48.5 Å². The van der Waals surface area contributed by atoms with Crippen LogP contribution in [0.1, 0.15) is 73.1 Å². The molecule has 8 rings (SSSR count). The van der Waals surface area contributed by atoms with Crippen molar-refractivity contribution in [2.45, 2.75) is 75.8 Å². The van der Waals surface area contributed by atoms with Crippen LogP contribution in [0.25, 0.3) is 6.08 Å². The summed E-state index contributed by atoms with van der Waals surface area (Å²) >= 11 is 0. The van der Waals surface area contributed by atoms with Crippen LogP contribution in [0.15, 0.2) is 127 Å². The van der Waals surface area contributed by atoms with Crippen molar-refractivity contribution in [2.24, 2.45) is 22.9 Å². The van der Waals surface area contributed by atoms with Crippen molar-refractivity contribution in [1.29, 1.82) is 0 Å². The maximum Gasteiger partial charge on any atom is 0.269 e. The summed E-state index contributed by atoms with van der Waals surface area (Å²) in [5.41, 5.74) is 4.48. The zero-order valence-corrected chi connectivity index (χ0v) is 36.2. The molecule has 4 aromatic rings. The number of allylic oxidation sites excluding steroid dienone is 1. The van der Waals surface area contributed by atoms with Crippen molar-refractivity contribution in [3.63, 3.8) is 0 Å². The average molecular weight is 886 g/mol. The van der Waals surface area contributed by atoms with Crippen LogP contribution >= 0.6 is 0 Å². The van der Waals surface area contributed by atoms with Gasteiger partial charge in [0.15, 0.2) is 11.5 Å². The molecule has 6 unspecified atom stereocenters. The molecule has 2 aliphatic heterocycles. The summed E-state index contributed by atoms with van der Waals surface area (Å²) in [6.07, 6.45) is 11.4. The smallest absolute Gasteiger partial charge is 0.269 e. The largest absolute Gasteiger partial charge is 0.508 e. The number of hydrogen-bond acceptors (Lipinski definition) is 12. The van der Waals surface area contributed by atoms with Gasteiger partial charge in [0.05, 0.1) is 23.2 Å². The highest BCUT2D eigenvalue weighted by molar-refractivity contribution is 6.03. The van der Waals surface area contributed by atoms with E-state index in [1.165, 1.54) is 18.2 Å². The molecule has 2 aliphatic carbocycles. The highest BCUT2D eigenvalue weighted by Gasteiger charge is 2.65. The van der Waals surface area contributed by atoms with Crippen molar-refractivity contribution in [2.75, 3.05) is 26.6 Å². The predicted molar refractivity (Wildman–Crippen MR) is 243 cm³/mol. The number of hydrogen-bond donors (Lipinski definition) is 3. The molecule has 0 spiro atoms. The third-order valence-electron chi connectivity index (χ3n) is 12.9. The summed E-state index contributed by atoms with van der Waals surface area (Å²) in [4.78, 5) is 34.1. The Morgan fingerprint density at radius 1 is 0.923 bits per heavy atom.